The number of piperidine rings is 1. The third-order valence-electron chi connectivity index (χ3n) is 4.81. The van der Waals surface area contributed by atoms with E-state index in [9.17, 15) is 9.90 Å². The minimum atomic E-state index is -0.462. The van der Waals surface area contributed by atoms with Crippen molar-refractivity contribution in [2.24, 2.45) is 16.8 Å². The highest BCUT2D eigenvalue weighted by molar-refractivity contribution is 5.79. The second kappa shape index (κ2) is 12.9. The van der Waals surface area contributed by atoms with Crippen molar-refractivity contribution in [1.82, 2.24) is 15.5 Å². The molecule has 3 N–H and O–H groups in total. The summed E-state index contributed by atoms with van der Waals surface area (Å²) in [5.41, 5.74) is -0.462. The summed E-state index contributed by atoms with van der Waals surface area (Å²) in [7, 11) is 0. The summed E-state index contributed by atoms with van der Waals surface area (Å²) >= 11 is 0. The summed E-state index contributed by atoms with van der Waals surface area (Å²) in [6, 6.07) is 0. The van der Waals surface area contributed by atoms with Crippen LogP contribution in [-0.4, -0.2) is 67.0 Å². The maximum absolute atomic E-state index is 12.3. The molecule has 7 nitrogen and oxygen atoms in total. The normalized spacial score (nSPS) is 19.3. The molecule has 1 aliphatic rings. The van der Waals surface area contributed by atoms with Gasteiger partial charge >= 0.3 is 6.09 Å². The van der Waals surface area contributed by atoms with Gasteiger partial charge in [-0.3, -0.25) is 4.99 Å². The standard InChI is InChI=1S/C21H42N4O3/c1-6-9-17(11-13-26)14-23-19(22-7-2)24-15-18-10-8-12-25(16-18)20(27)28-21(3,4)5/h17-18,26H,6-16H2,1-5H3,(H2,22,23,24). The number of carbonyl (C=O) groups is 1. The van der Waals surface area contributed by atoms with E-state index in [1.165, 1.54) is 0 Å². The summed E-state index contributed by atoms with van der Waals surface area (Å²) in [5.74, 6) is 1.62. The van der Waals surface area contributed by atoms with E-state index in [-0.39, 0.29) is 12.7 Å². The molecule has 0 bridgehead atoms. The number of aliphatic imine (C=N–C) groups is 1. The molecule has 0 aromatic rings. The van der Waals surface area contributed by atoms with Crippen LogP contribution in [0.2, 0.25) is 0 Å². The first-order chi connectivity index (χ1) is 13.3. The molecular weight excluding hydrogens is 356 g/mol. The molecule has 28 heavy (non-hydrogen) atoms. The predicted molar refractivity (Wildman–Crippen MR) is 115 cm³/mol. The zero-order valence-corrected chi connectivity index (χ0v) is 18.6. The largest absolute Gasteiger partial charge is 0.444 e. The molecule has 164 valence electrons. The van der Waals surface area contributed by atoms with Crippen molar-refractivity contribution in [2.45, 2.75) is 72.3 Å². The number of hydrogen-bond donors (Lipinski definition) is 3. The number of guanidine groups is 1. The number of aliphatic hydroxyl groups is 1. The number of carbonyl (C=O) groups excluding carboxylic acids is 1. The maximum Gasteiger partial charge on any atom is 0.410 e. The summed E-state index contributed by atoms with van der Waals surface area (Å²) < 4.78 is 5.51. The van der Waals surface area contributed by atoms with Crippen molar-refractivity contribution in [3.8, 4) is 0 Å². The monoisotopic (exact) mass is 398 g/mol. The highest BCUT2D eigenvalue weighted by Gasteiger charge is 2.27. The molecule has 1 heterocycles. The van der Waals surface area contributed by atoms with Crippen molar-refractivity contribution in [2.75, 3.05) is 39.3 Å². The van der Waals surface area contributed by atoms with Gasteiger partial charge in [0.2, 0.25) is 0 Å². The first kappa shape index (κ1) is 24.5. The van der Waals surface area contributed by atoms with Crippen LogP contribution in [0, 0.1) is 11.8 Å². The van der Waals surface area contributed by atoms with E-state index >= 15 is 0 Å². The molecule has 1 rings (SSSR count). The summed E-state index contributed by atoms with van der Waals surface area (Å²) in [5, 5.41) is 16.0. The second-order valence-corrected chi connectivity index (χ2v) is 8.70. The fraction of sp³-hybridized carbons (Fsp3) is 0.905. The molecule has 2 unspecified atom stereocenters. The molecule has 1 fully saturated rings. The van der Waals surface area contributed by atoms with Gasteiger partial charge in [0.15, 0.2) is 5.96 Å². The van der Waals surface area contributed by atoms with Crippen molar-refractivity contribution < 1.29 is 14.6 Å². The van der Waals surface area contributed by atoms with Crippen LogP contribution in [0.3, 0.4) is 0 Å². The molecule has 0 radical (unpaired) electrons. The zero-order valence-electron chi connectivity index (χ0n) is 18.6. The van der Waals surface area contributed by atoms with E-state index in [0.29, 0.717) is 18.4 Å². The smallest absolute Gasteiger partial charge is 0.410 e. The zero-order chi connectivity index (χ0) is 21.0. The van der Waals surface area contributed by atoms with E-state index < -0.39 is 5.60 Å². The number of aliphatic hydroxyl groups excluding tert-OH is 1. The Hall–Kier alpha value is -1.50. The van der Waals surface area contributed by atoms with Gasteiger partial charge in [0.1, 0.15) is 5.60 Å². The van der Waals surface area contributed by atoms with Gasteiger partial charge in [-0.25, -0.2) is 4.79 Å². The number of nitrogens with zero attached hydrogens (tertiary/aromatic N) is 2. The molecule has 2 atom stereocenters. The van der Waals surface area contributed by atoms with Crippen LogP contribution < -0.4 is 10.6 Å². The van der Waals surface area contributed by atoms with Crippen molar-refractivity contribution in [1.29, 1.82) is 0 Å². The first-order valence-corrected chi connectivity index (χ1v) is 10.9. The lowest BCUT2D eigenvalue weighted by Gasteiger charge is -2.34. The number of likely N-dealkylation sites (tertiary alicyclic amines) is 1. The number of ether oxygens (including phenoxy) is 1. The maximum atomic E-state index is 12.3. The number of hydrogen-bond acceptors (Lipinski definition) is 4. The number of nitrogens with one attached hydrogen (secondary N) is 2. The molecule has 0 aliphatic carbocycles. The third kappa shape index (κ3) is 10.2. The highest BCUT2D eigenvalue weighted by Crippen LogP contribution is 2.19. The molecule has 0 aromatic carbocycles. The van der Waals surface area contributed by atoms with Gasteiger partial charge in [-0.05, 0) is 65.2 Å². The lowest BCUT2D eigenvalue weighted by atomic mass is 9.98. The second-order valence-electron chi connectivity index (χ2n) is 8.70. The molecule has 0 aromatic heterocycles. The summed E-state index contributed by atoms with van der Waals surface area (Å²) in [6.07, 6.45) is 4.85. The van der Waals surface area contributed by atoms with Crippen LogP contribution in [0.5, 0.6) is 0 Å². The predicted octanol–water partition coefficient (Wildman–Crippen LogP) is 2.99. The minimum absolute atomic E-state index is 0.215. The van der Waals surface area contributed by atoms with Crippen molar-refractivity contribution in [3.05, 3.63) is 0 Å². The van der Waals surface area contributed by atoms with Gasteiger partial charge in [0, 0.05) is 39.3 Å². The molecule has 0 saturated carbocycles. The average Bonchev–Trinajstić information content (AvgIpc) is 2.63. The molecule has 1 aliphatic heterocycles. The topological polar surface area (TPSA) is 86.2 Å². The van der Waals surface area contributed by atoms with E-state index in [2.05, 4.69) is 24.5 Å². The Labute approximate surface area is 171 Å². The lowest BCUT2D eigenvalue weighted by Crippen LogP contribution is -2.47. The van der Waals surface area contributed by atoms with Crippen LogP contribution in [0.1, 0.15) is 66.7 Å². The van der Waals surface area contributed by atoms with Crippen LogP contribution in [0.25, 0.3) is 0 Å². The van der Waals surface area contributed by atoms with E-state index in [1.807, 2.05) is 25.7 Å². The van der Waals surface area contributed by atoms with Crippen LogP contribution >= 0.6 is 0 Å². The highest BCUT2D eigenvalue weighted by atomic mass is 16.6. The molecule has 7 heteroatoms. The van der Waals surface area contributed by atoms with E-state index in [1.54, 1.807) is 0 Å². The molecule has 0 spiro atoms. The van der Waals surface area contributed by atoms with Gasteiger partial charge < -0.3 is 25.4 Å². The van der Waals surface area contributed by atoms with Crippen LogP contribution in [0.4, 0.5) is 4.79 Å². The van der Waals surface area contributed by atoms with Gasteiger partial charge in [0.05, 0.1) is 0 Å². The van der Waals surface area contributed by atoms with Gasteiger partial charge in [-0.15, -0.1) is 0 Å². The van der Waals surface area contributed by atoms with Crippen molar-refractivity contribution >= 4 is 12.1 Å². The summed E-state index contributed by atoms with van der Waals surface area (Å²) in [4.78, 5) is 18.9. The van der Waals surface area contributed by atoms with Gasteiger partial charge in [-0.2, -0.15) is 0 Å². The van der Waals surface area contributed by atoms with Crippen LogP contribution in [-0.2, 0) is 4.74 Å². The quantitative estimate of drug-likeness (QED) is 0.411. The Morgan fingerprint density at radius 2 is 2.04 bits per heavy atom. The Morgan fingerprint density at radius 1 is 1.29 bits per heavy atom. The third-order valence-corrected chi connectivity index (χ3v) is 4.81. The van der Waals surface area contributed by atoms with Crippen LogP contribution in [0.15, 0.2) is 4.99 Å². The Kier molecular flexibility index (Phi) is 11.3. The van der Waals surface area contributed by atoms with E-state index in [4.69, 9.17) is 9.73 Å². The lowest BCUT2D eigenvalue weighted by molar-refractivity contribution is 0.0168. The number of rotatable bonds is 9. The SMILES string of the molecule is CCCC(CCO)CN=C(NCC)NCC1CCCN(C(=O)OC(C)(C)C)C1. The fourth-order valence-electron chi connectivity index (χ4n) is 3.44. The van der Waals surface area contributed by atoms with Gasteiger partial charge in [0.25, 0.3) is 0 Å². The number of amides is 1. The van der Waals surface area contributed by atoms with Gasteiger partial charge in [-0.1, -0.05) is 13.3 Å². The average molecular weight is 399 g/mol. The van der Waals surface area contributed by atoms with Crippen molar-refractivity contribution in [3.63, 3.8) is 0 Å². The Morgan fingerprint density at radius 3 is 2.64 bits per heavy atom. The first-order valence-electron chi connectivity index (χ1n) is 10.9. The summed E-state index contributed by atoms with van der Waals surface area (Å²) in [6.45, 7) is 13.9. The molecular formula is C21H42N4O3. The molecule has 1 amide bonds. The Bertz CT molecular complexity index is 471. The van der Waals surface area contributed by atoms with E-state index in [0.717, 1.165) is 64.2 Å². The Balaban J connectivity index is 2.55. The minimum Gasteiger partial charge on any atom is -0.444 e. The molecule has 1 saturated heterocycles. The fourth-order valence-corrected chi connectivity index (χ4v) is 3.44.